The maximum Gasteiger partial charge on any atom is 0.336 e. The summed E-state index contributed by atoms with van der Waals surface area (Å²) >= 11 is 0. The van der Waals surface area contributed by atoms with Crippen molar-refractivity contribution >= 4 is 35.4 Å². The van der Waals surface area contributed by atoms with Crippen LogP contribution in [0.4, 0.5) is 5.69 Å². The number of amides is 2. The Morgan fingerprint density at radius 1 is 0.911 bits per heavy atom. The van der Waals surface area contributed by atoms with Gasteiger partial charge < -0.3 is 35.0 Å². The van der Waals surface area contributed by atoms with Gasteiger partial charge in [-0.05, 0) is 35.6 Å². The number of hydrogen-bond donors (Lipinski definition) is 4. The molecule has 5 rings (SSSR count). The van der Waals surface area contributed by atoms with Gasteiger partial charge in [-0.25, -0.2) is 4.79 Å². The van der Waals surface area contributed by atoms with Crippen LogP contribution >= 0.6 is 0 Å². The topological polar surface area (TPSA) is 185 Å². The van der Waals surface area contributed by atoms with Crippen LogP contribution < -0.4 is 4.90 Å². The summed E-state index contributed by atoms with van der Waals surface area (Å²) in [6, 6.07) is 16.0. The SMILES string of the molecule is CN(C)C(=O)[C@@H]1Cc2ccccc2N1C(=O)CCN1CCC2(CC1)OCc1ccccc12.O=C(O)CC(O)(CC(=O)O)C(=O)O. The lowest BCUT2D eigenvalue weighted by Crippen LogP contribution is -2.49. The molecule has 0 saturated carbocycles. The molecule has 45 heavy (non-hydrogen) atoms. The monoisotopic (exact) mass is 625 g/mol. The highest BCUT2D eigenvalue weighted by atomic mass is 16.5. The van der Waals surface area contributed by atoms with Crippen LogP contribution in [0, 0.1) is 0 Å². The van der Waals surface area contributed by atoms with Gasteiger partial charge in [0.25, 0.3) is 0 Å². The Morgan fingerprint density at radius 2 is 1.49 bits per heavy atom. The number of benzene rings is 2. The molecule has 1 atom stereocenters. The Bertz CT molecular complexity index is 1430. The van der Waals surface area contributed by atoms with Crippen LogP contribution in [-0.4, -0.2) is 105 Å². The smallest absolute Gasteiger partial charge is 0.336 e. The van der Waals surface area contributed by atoms with Crippen molar-refractivity contribution in [1.29, 1.82) is 0 Å². The first-order valence-corrected chi connectivity index (χ1v) is 14.7. The fourth-order valence-corrected chi connectivity index (χ4v) is 6.21. The predicted octanol–water partition coefficient (Wildman–Crippen LogP) is 1.70. The third kappa shape index (κ3) is 7.49. The molecule has 0 aliphatic carbocycles. The lowest BCUT2D eigenvalue weighted by atomic mass is 9.84. The number of carboxylic acid groups (broad SMARTS) is 3. The molecule has 2 amide bonds. The summed E-state index contributed by atoms with van der Waals surface area (Å²) < 4.78 is 6.26. The molecular weight excluding hydrogens is 586 g/mol. The van der Waals surface area contributed by atoms with Crippen molar-refractivity contribution in [2.24, 2.45) is 0 Å². The number of hydrogen-bond acceptors (Lipinski definition) is 8. The van der Waals surface area contributed by atoms with Crippen LogP contribution in [0.25, 0.3) is 0 Å². The molecule has 3 aliphatic heterocycles. The van der Waals surface area contributed by atoms with Gasteiger partial charge in [0, 0.05) is 52.3 Å². The van der Waals surface area contributed by atoms with Crippen LogP contribution in [0.3, 0.4) is 0 Å². The van der Waals surface area contributed by atoms with Crippen LogP contribution in [0.2, 0.25) is 0 Å². The first-order valence-electron chi connectivity index (χ1n) is 14.7. The number of carboxylic acids is 3. The summed E-state index contributed by atoms with van der Waals surface area (Å²) in [5.74, 6) is -5.01. The molecule has 3 heterocycles. The van der Waals surface area contributed by atoms with Gasteiger partial charge in [-0.3, -0.25) is 24.1 Å². The molecule has 2 aromatic carbocycles. The summed E-state index contributed by atoms with van der Waals surface area (Å²) in [7, 11) is 3.50. The van der Waals surface area contributed by atoms with E-state index in [1.807, 2.05) is 24.3 Å². The fraction of sp³-hybridized carbons (Fsp3) is 0.469. The second-order valence-electron chi connectivity index (χ2n) is 11.9. The van der Waals surface area contributed by atoms with Crippen molar-refractivity contribution in [3.63, 3.8) is 0 Å². The number of ether oxygens (including phenoxy) is 1. The predicted molar refractivity (Wildman–Crippen MR) is 160 cm³/mol. The lowest BCUT2D eigenvalue weighted by molar-refractivity contribution is -0.170. The summed E-state index contributed by atoms with van der Waals surface area (Å²) in [6.45, 7) is 3.24. The molecule has 0 unspecified atom stereocenters. The number of likely N-dealkylation sites (N-methyl/N-ethyl adjacent to an activating group) is 1. The van der Waals surface area contributed by atoms with Crippen LogP contribution in [0.1, 0.15) is 48.8 Å². The zero-order chi connectivity index (χ0) is 32.9. The first kappa shape index (κ1) is 33.6. The number of fused-ring (bicyclic) bond motifs is 3. The molecule has 1 saturated heterocycles. The summed E-state index contributed by atoms with van der Waals surface area (Å²) in [4.78, 5) is 62.3. The van der Waals surface area contributed by atoms with Crippen molar-refractivity contribution in [1.82, 2.24) is 9.80 Å². The highest BCUT2D eigenvalue weighted by Crippen LogP contribution is 2.44. The number of carbonyl (C=O) groups excluding carboxylic acids is 2. The van der Waals surface area contributed by atoms with E-state index in [0.29, 0.717) is 26.0 Å². The highest BCUT2D eigenvalue weighted by Gasteiger charge is 2.43. The van der Waals surface area contributed by atoms with Gasteiger partial charge in [-0.2, -0.15) is 0 Å². The Labute approximate surface area is 260 Å². The Hall–Kier alpha value is -4.33. The average molecular weight is 626 g/mol. The number of anilines is 1. The molecule has 13 nitrogen and oxygen atoms in total. The van der Waals surface area contributed by atoms with Crippen LogP contribution in [-0.2, 0) is 47.3 Å². The van der Waals surface area contributed by atoms with Crippen molar-refractivity contribution < 1.29 is 49.1 Å². The molecule has 242 valence electrons. The number of rotatable bonds is 9. The van der Waals surface area contributed by atoms with Crippen molar-refractivity contribution in [3.05, 3.63) is 65.2 Å². The van der Waals surface area contributed by atoms with Crippen molar-refractivity contribution in [2.75, 3.05) is 38.6 Å². The first-order chi connectivity index (χ1) is 21.3. The summed E-state index contributed by atoms with van der Waals surface area (Å²) in [5, 5.41) is 33.8. The Morgan fingerprint density at radius 3 is 2.07 bits per heavy atom. The zero-order valence-corrected chi connectivity index (χ0v) is 25.3. The molecular formula is C32H39N3O10. The van der Waals surface area contributed by atoms with Gasteiger partial charge in [0.15, 0.2) is 5.60 Å². The quantitative estimate of drug-likeness (QED) is 0.318. The van der Waals surface area contributed by atoms with E-state index in [2.05, 4.69) is 29.2 Å². The van der Waals surface area contributed by atoms with E-state index in [1.54, 1.807) is 23.9 Å². The molecule has 1 fully saturated rings. The van der Waals surface area contributed by atoms with E-state index < -0.39 is 42.4 Å². The van der Waals surface area contributed by atoms with E-state index in [1.165, 1.54) is 11.1 Å². The second kappa shape index (κ2) is 13.8. The molecule has 0 radical (unpaired) electrons. The third-order valence-electron chi connectivity index (χ3n) is 8.57. The highest BCUT2D eigenvalue weighted by molar-refractivity contribution is 6.03. The third-order valence-corrected chi connectivity index (χ3v) is 8.57. The van der Waals surface area contributed by atoms with Crippen molar-refractivity contribution in [3.8, 4) is 0 Å². The van der Waals surface area contributed by atoms with Gasteiger partial charge >= 0.3 is 17.9 Å². The minimum Gasteiger partial charge on any atom is -0.481 e. The van der Waals surface area contributed by atoms with Crippen molar-refractivity contribution in [2.45, 2.75) is 62.4 Å². The molecule has 4 N–H and O–H groups in total. The van der Waals surface area contributed by atoms with E-state index >= 15 is 0 Å². The standard InChI is InChI=1S/C26H31N3O3.C6H8O7/c1-27(2)25(31)23-17-19-7-4-6-10-22(19)29(23)24(30)11-14-28-15-12-26(13-16-28)21-9-5-3-8-20(21)18-32-26;7-3(8)1-6(13,5(11)12)2-4(9)10/h3-10,23H,11-18H2,1-2H3;13H,1-2H2,(H,7,8)(H,9,10)(H,11,12)/t23-;/m0./s1. The number of nitrogens with zero attached hydrogens (tertiary/aromatic N) is 3. The lowest BCUT2D eigenvalue weighted by Gasteiger charge is -2.39. The minimum atomic E-state index is -2.74. The maximum atomic E-state index is 13.3. The van der Waals surface area contributed by atoms with Gasteiger partial charge in [-0.15, -0.1) is 0 Å². The van der Waals surface area contributed by atoms with E-state index in [0.717, 1.165) is 37.2 Å². The minimum absolute atomic E-state index is 0.0217. The normalized spacial score (nSPS) is 18.4. The zero-order valence-electron chi connectivity index (χ0n) is 25.3. The number of piperidine rings is 1. The van der Waals surface area contributed by atoms with Crippen LogP contribution in [0.5, 0.6) is 0 Å². The van der Waals surface area contributed by atoms with E-state index in [-0.39, 0.29) is 17.4 Å². The van der Waals surface area contributed by atoms with E-state index in [4.69, 9.17) is 25.2 Å². The maximum absolute atomic E-state index is 13.3. The van der Waals surface area contributed by atoms with Gasteiger partial charge in [0.2, 0.25) is 11.8 Å². The number of likely N-dealkylation sites (tertiary alicyclic amines) is 1. The van der Waals surface area contributed by atoms with Gasteiger partial charge in [0.05, 0.1) is 25.0 Å². The number of carbonyl (C=O) groups is 5. The number of para-hydroxylation sites is 1. The molecule has 0 aromatic heterocycles. The van der Waals surface area contributed by atoms with Gasteiger partial charge in [0.1, 0.15) is 6.04 Å². The summed E-state index contributed by atoms with van der Waals surface area (Å²) in [5.41, 5.74) is 1.70. The summed E-state index contributed by atoms with van der Waals surface area (Å²) in [6.07, 6.45) is 0.611. The van der Waals surface area contributed by atoms with E-state index in [9.17, 15) is 24.0 Å². The fourth-order valence-electron chi connectivity index (χ4n) is 6.21. The Kier molecular flexibility index (Phi) is 10.3. The average Bonchev–Trinajstić information content (AvgIpc) is 3.55. The van der Waals surface area contributed by atoms with Gasteiger partial charge in [-0.1, -0.05) is 42.5 Å². The van der Waals surface area contributed by atoms with Crippen LogP contribution in [0.15, 0.2) is 48.5 Å². The Balaban J connectivity index is 0.000000302. The molecule has 3 aliphatic rings. The number of aliphatic carboxylic acids is 3. The molecule has 0 bridgehead atoms. The second-order valence-corrected chi connectivity index (χ2v) is 11.9. The molecule has 13 heteroatoms. The largest absolute Gasteiger partial charge is 0.481 e. The molecule has 2 aromatic rings. The molecule has 1 spiro atoms. The number of aliphatic hydroxyl groups is 1.